The zero-order valence-electron chi connectivity index (χ0n) is 11.4. The van der Waals surface area contributed by atoms with E-state index in [0.29, 0.717) is 0 Å². The Hall–Kier alpha value is -0.863. The molecule has 1 aromatic rings. The molecule has 0 radical (unpaired) electrons. The normalized spacial score (nSPS) is 15.3. The molecular formula is C15H25NSi. The fourth-order valence-electron chi connectivity index (χ4n) is 2.38. The molecule has 0 amide bonds. The summed E-state index contributed by atoms with van der Waals surface area (Å²) < 4.78 is 0. The van der Waals surface area contributed by atoms with Crippen LogP contribution in [0.15, 0.2) is 43.0 Å². The summed E-state index contributed by atoms with van der Waals surface area (Å²) >= 11 is 0. The van der Waals surface area contributed by atoms with Crippen LogP contribution in [0.1, 0.15) is 18.9 Å². The van der Waals surface area contributed by atoms with Crippen molar-refractivity contribution < 1.29 is 0 Å². The van der Waals surface area contributed by atoms with E-state index in [1.807, 2.05) is 12.1 Å². The van der Waals surface area contributed by atoms with Crippen molar-refractivity contribution in [2.24, 2.45) is 5.73 Å². The van der Waals surface area contributed by atoms with Crippen molar-refractivity contribution in [3.63, 3.8) is 0 Å². The maximum atomic E-state index is 6.64. The molecule has 1 unspecified atom stereocenters. The molecule has 0 heterocycles. The number of hydrogen-bond donors (Lipinski definition) is 1. The average molecular weight is 247 g/mol. The molecule has 2 N–H and O–H groups in total. The molecule has 0 aliphatic carbocycles. The van der Waals surface area contributed by atoms with Crippen molar-refractivity contribution in [1.82, 2.24) is 0 Å². The minimum atomic E-state index is -1.48. The first kappa shape index (κ1) is 14.2. The van der Waals surface area contributed by atoms with E-state index in [4.69, 9.17) is 5.73 Å². The largest absolute Gasteiger partial charge is 0.324 e. The summed E-state index contributed by atoms with van der Waals surface area (Å²) in [4.78, 5) is 0. The molecule has 1 rings (SSSR count). The highest BCUT2D eigenvalue weighted by Gasteiger charge is 2.40. The van der Waals surface area contributed by atoms with Gasteiger partial charge < -0.3 is 5.73 Å². The van der Waals surface area contributed by atoms with Crippen molar-refractivity contribution in [3.05, 3.63) is 48.6 Å². The molecule has 0 aromatic heterocycles. The van der Waals surface area contributed by atoms with E-state index in [9.17, 15) is 0 Å². The number of hydrogen-bond acceptors (Lipinski definition) is 1. The van der Waals surface area contributed by atoms with Crippen LogP contribution in [-0.2, 0) is 6.42 Å². The summed E-state index contributed by atoms with van der Waals surface area (Å²) in [6.45, 7) is 11.0. The molecule has 0 fully saturated rings. The number of nitrogens with two attached hydrogens (primary N) is 1. The molecule has 94 valence electrons. The SMILES string of the molecule is C=CC(N)(Cc1ccccc1)[Si](C)(C)CCC. The van der Waals surface area contributed by atoms with Gasteiger partial charge in [-0.3, -0.25) is 0 Å². The molecule has 0 saturated carbocycles. The van der Waals surface area contributed by atoms with Crippen LogP contribution in [0.3, 0.4) is 0 Å². The molecule has 0 bridgehead atoms. The van der Waals surface area contributed by atoms with Crippen molar-refractivity contribution >= 4 is 8.07 Å². The summed E-state index contributed by atoms with van der Waals surface area (Å²) in [5.41, 5.74) is 7.95. The fourth-order valence-corrected chi connectivity index (χ4v) is 5.33. The lowest BCUT2D eigenvalue weighted by Gasteiger charge is -2.40. The first-order valence-electron chi connectivity index (χ1n) is 6.41. The lowest BCUT2D eigenvalue weighted by Crippen LogP contribution is -2.61. The van der Waals surface area contributed by atoms with E-state index in [2.05, 4.69) is 50.9 Å². The van der Waals surface area contributed by atoms with Crippen LogP contribution in [-0.4, -0.2) is 13.2 Å². The van der Waals surface area contributed by atoms with Gasteiger partial charge in [-0.25, -0.2) is 0 Å². The monoisotopic (exact) mass is 247 g/mol. The van der Waals surface area contributed by atoms with Gasteiger partial charge in [-0.2, -0.15) is 0 Å². The molecule has 1 nitrogen and oxygen atoms in total. The van der Waals surface area contributed by atoms with Gasteiger partial charge in [-0.15, -0.1) is 6.58 Å². The van der Waals surface area contributed by atoms with Gasteiger partial charge in [0.1, 0.15) is 0 Å². The predicted molar refractivity (Wildman–Crippen MR) is 79.8 cm³/mol. The Labute approximate surface area is 107 Å². The van der Waals surface area contributed by atoms with Crippen LogP contribution in [0.2, 0.25) is 19.1 Å². The Bertz CT molecular complexity index is 358. The number of rotatable bonds is 6. The van der Waals surface area contributed by atoms with Crippen LogP contribution >= 0.6 is 0 Å². The van der Waals surface area contributed by atoms with Crippen LogP contribution in [0, 0.1) is 0 Å². The molecule has 1 atom stereocenters. The van der Waals surface area contributed by atoms with Gasteiger partial charge in [-0.05, 0) is 12.0 Å². The molecule has 0 aliphatic heterocycles. The smallest absolute Gasteiger partial charge is 0.0755 e. The summed E-state index contributed by atoms with van der Waals surface area (Å²) in [6.07, 6.45) is 4.11. The van der Waals surface area contributed by atoms with Gasteiger partial charge in [0.05, 0.1) is 8.07 Å². The van der Waals surface area contributed by atoms with Crippen molar-refractivity contribution in [2.75, 3.05) is 0 Å². The molecule has 0 spiro atoms. The maximum Gasteiger partial charge on any atom is 0.0755 e. The van der Waals surface area contributed by atoms with Crippen LogP contribution in [0.4, 0.5) is 0 Å². The third kappa shape index (κ3) is 3.30. The zero-order chi connectivity index (χ0) is 12.9. The van der Waals surface area contributed by atoms with Gasteiger partial charge in [0.2, 0.25) is 0 Å². The molecule has 17 heavy (non-hydrogen) atoms. The summed E-state index contributed by atoms with van der Waals surface area (Å²) in [6, 6.07) is 11.8. The Morgan fingerprint density at radius 3 is 2.35 bits per heavy atom. The highest BCUT2D eigenvalue weighted by atomic mass is 28.3. The topological polar surface area (TPSA) is 26.0 Å². The Morgan fingerprint density at radius 1 is 1.29 bits per heavy atom. The second-order valence-corrected chi connectivity index (χ2v) is 10.7. The van der Waals surface area contributed by atoms with E-state index in [1.165, 1.54) is 18.0 Å². The van der Waals surface area contributed by atoms with Gasteiger partial charge in [0.15, 0.2) is 0 Å². The lowest BCUT2D eigenvalue weighted by molar-refractivity contribution is 0.683. The van der Waals surface area contributed by atoms with Crippen molar-refractivity contribution in [2.45, 2.75) is 44.1 Å². The second kappa shape index (κ2) is 5.65. The van der Waals surface area contributed by atoms with Crippen LogP contribution in [0.25, 0.3) is 0 Å². The lowest BCUT2D eigenvalue weighted by atomic mass is 10.1. The highest BCUT2D eigenvalue weighted by molar-refractivity contribution is 6.81. The fraction of sp³-hybridized carbons (Fsp3) is 0.467. The minimum absolute atomic E-state index is 0.204. The standard InChI is InChI=1S/C15H25NSi/c1-5-12-17(3,4)15(16,6-2)13-14-10-8-7-9-11-14/h6-11H,2,5,12-13,16H2,1,3-4H3. The Kier molecular flexibility index (Phi) is 4.72. The first-order chi connectivity index (χ1) is 7.95. The third-order valence-electron chi connectivity index (χ3n) is 3.84. The highest BCUT2D eigenvalue weighted by Crippen LogP contribution is 2.28. The quantitative estimate of drug-likeness (QED) is 0.601. The van der Waals surface area contributed by atoms with E-state index < -0.39 is 8.07 Å². The Morgan fingerprint density at radius 2 is 1.88 bits per heavy atom. The van der Waals surface area contributed by atoms with E-state index in [-0.39, 0.29) is 5.16 Å². The minimum Gasteiger partial charge on any atom is -0.324 e. The number of benzene rings is 1. The van der Waals surface area contributed by atoms with Crippen molar-refractivity contribution in [1.29, 1.82) is 0 Å². The molecule has 2 heteroatoms. The third-order valence-corrected chi connectivity index (χ3v) is 8.49. The second-order valence-electron chi connectivity index (χ2n) is 5.54. The first-order valence-corrected chi connectivity index (χ1v) is 9.62. The van der Waals surface area contributed by atoms with Crippen LogP contribution in [0.5, 0.6) is 0 Å². The molecule has 1 aromatic carbocycles. The average Bonchev–Trinajstić information content (AvgIpc) is 2.30. The zero-order valence-corrected chi connectivity index (χ0v) is 12.4. The van der Waals surface area contributed by atoms with E-state index in [0.717, 1.165) is 6.42 Å². The van der Waals surface area contributed by atoms with E-state index >= 15 is 0 Å². The maximum absolute atomic E-state index is 6.64. The summed E-state index contributed by atoms with van der Waals surface area (Å²) in [5.74, 6) is 0. The molecule has 0 aliphatic rings. The Balaban J connectivity index is 2.93. The summed E-state index contributed by atoms with van der Waals surface area (Å²) in [7, 11) is -1.48. The summed E-state index contributed by atoms with van der Waals surface area (Å²) in [5, 5.41) is -0.204. The van der Waals surface area contributed by atoms with Gasteiger partial charge in [-0.1, -0.05) is 68.9 Å². The van der Waals surface area contributed by atoms with Gasteiger partial charge in [0.25, 0.3) is 0 Å². The van der Waals surface area contributed by atoms with Crippen LogP contribution < -0.4 is 5.73 Å². The van der Waals surface area contributed by atoms with Gasteiger partial charge in [0, 0.05) is 5.16 Å². The van der Waals surface area contributed by atoms with Crippen molar-refractivity contribution in [3.8, 4) is 0 Å². The van der Waals surface area contributed by atoms with E-state index in [1.54, 1.807) is 0 Å². The molecule has 0 saturated heterocycles. The molecular weight excluding hydrogens is 222 g/mol. The predicted octanol–water partition coefficient (Wildman–Crippen LogP) is 3.77. The van der Waals surface area contributed by atoms with Gasteiger partial charge >= 0.3 is 0 Å².